The number of nitrogens with one attached hydrogen (secondary N) is 1. The molecule has 5 rings (SSSR count). The van der Waals surface area contributed by atoms with Gasteiger partial charge in [-0.15, -0.1) is 0 Å². The van der Waals surface area contributed by atoms with E-state index in [1.54, 1.807) is 6.92 Å². The van der Waals surface area contributed by atoms with Crippen LogP contribution in [0.2, 0.25) is 0 Å². The van der Waals surface area contributed by atoms with Crippen molar-refractivity contribution in [2.45, 2.75) is 84.6 Å². The number of hydrogen-bond donors (Lipinski definition) is 2. The third-order valence-corrected chi connectivity index (χ3v) is 10.5. The summed E-state index contributed by atoms with van der Waals surface area (Å²) in [5, 5.41) is 9.30. The van der Waals surface area contributed by atoms with E-state index in [-0.39, 0.29) is 29.3 Å². The summed E-state index contributed by atoms with van der Waals surface area (Å²) in [6.07, 6.45) is 13.4. The molecule has 0 bridgehead atoms. The van der Waals surface area contributed by atoms with Crippen LogP contribution in [0.15, 0.2) is 23.4 Å². The Kier molecular flexibility index (Phi) is 6.35. The summed E-state index contributed by atoms with van der Waals surface area (Å²) < 4.78 is 0. The molecule has 1 heterocycles. The lowest BCUT2D eigenvalue weighted by molar-refractivity contribution is -0.151. The maximum atomic E-state index is 12.5. The van der Waals surface area contributed by atoms with E-state index in [1.807, 2.05) is 0 Å². The zero-order valence-corrected chi connectivity index (χ0v) is 21.3. The average Bonchev–Trinajstić information content (AvgIpc) is 3.44. The minimum absolute atomic E-state index is 0.143. The Morgan fingerprint density at radius 1 is 1.14 bits per heavy atom. The zero-order valence-electron chi connectivity index (χ0n) is 21.3. The van der Waals surface area contributed by atoms with Crippen LogP contribution in [0, 0.1) is 34.5 Å². The summed E-state index contributed by atoms with van der Waals surface area (Å²) in [7, 11) is 0. The molecule has 35 heavy (non-hydrogen) atoms. The van der Waals surface area contributed by atoms with E-state index in [0.29, 0.717) is 42.9 Å². The van der Waals surface area contributed by atoms with Gasteiger partial charge in [-0.2, -0.15) is 0 Å². The number of amides is 1. The number of Topliss-reactive ketones (excluding diaryl/α,β-unsaturated/α-hetero) is 1. The Hall–Kier alpha value is -2.15. The van der Waals surface area contributed by atoms with Crippen LogP contribution in [0.1, 0.15) is 78.6 Å². The van der Waals surface area contributed by atoms with Crippen LogP contribution in [0.4, 0.5) is 0 Å². The number of carboxylic acid groups (broad SMARTS) is 1. The zero-order chi connectivity index (χ0) is 25.0. The van der Waals surface area contributed by atoms with Crippen molar-refractivity contribution >= 4 is 17.7 Å². The van der Waals surface area contributed by atoms with Crippen LogP contribution in [0.3, 0.4) is 0 Å². The van der Waals surface area contributed by atoms with Crippen LogP contribution >= 0.6 is 0 Å². The van der Waals surface area contributed by atoms with E-state index in [4.69, 9.17) is 4.84 Å². The molecular weight excluding hydrogens is 444 g/mol. The summed E-state index contributed by atoms with van der Waals surface area (Å²) in [6, 6.07) is -0.735. The molecule has 1 aliphatic heterocycles. The number of aliphatic carboxylic acids is 1. The highest BCUT2D eigenvalue weighted by atomic mass is 16.6. The fourth-order valence-corrected chi connectivity index (χ4v) is 8.74. The number of allylic oxidation sites excluding steroid dienone is 3. The molecule has 7 atom stereocenters. The molecule has 1 amide bonds. The van der Waals surface area contributed by atoms with Crippen molar-refractivity contribution in [2.24, 2.45) is 34.5 Å². The first-order valence-electron chi connectivity index (χ1n) is 13.5. The molecule has 4 fully saturated rings. The van der Waals surface area contributed by atoms with Gasteiger partial charge in [0.2, 0.25) is 0 Å². The molecule has 0 radical (unpaired) electrons. The van der Waals surface area contributed by atoms with Gasteiger partial charge in [-0.05, 0) is 99.4 Å². The standard InChI is InChI=1S/C28H40N2O5/c1-17(31)21-8-9-22-20-7-6-18-15-19(10-12-27(18,2)23(20)11-13-28(21,22)3)29-35-16-25(32)30-14-4-5-24(30)26(33)34/h10,15,20-24,29H,4-9,11-14,16H2,1-3H3,(H,33,34)/t20-,21+,22-,23-,24-,27-,28+/m0/s1. The molecule has 7 heteroatoms. The number of carbonyl (C=O) groups is 3. The van der Waals surface area contributed by atoms with Gasteiger partial charge in [0, 0.05) is 12.5 Å². The average molecular weight is 485 g/mol. The molecule has 5 aliphatic rings. The van der Waals surface area contributed by atoms with Crippen molar-refractivity contribution in [3.8, 4) is 0 Å². The molecule has 0 unspecified atom stereocenters. The molecule has 0 aromatic rings. The molecule has 2 N–H and O–H groups in total. The minimum atomic E-state index is -0.948. The SMILES string of the molecule is CC(=O)[C@H]1CC[C@H]2[C@@H]3CCC4=CC(NOCC(=O)N5CCC[C@H]5C(=O)O)=CC[C@]4(C)[C@H]3CC[C@]12C. The van der Waals surface area contributed by atoms with Crippen LogP contribution in [-0.2, 0) is 19.2 Å². The second-order valence-corrected chi connectivity index (χ2v) is 12.1. The van der Waals surface area contributed by atoms with E-state index in [9.17, 15) is 19.5 Å². The first-order chi connectivity index (χ1) is 16.6. The normalized spacial score (nSPS) is 40.2. The lowest BCUT2D eigenvalue weighted by atomic mass is 9.47. The van der Waals surface area contributed by atoms with Gasteiger partial charge in [0.1, 0.15) is 11.8 Å². The lowest BCUT2D eigenvalue weighted by Gasteiger charge is -2.57. The largest absolute Gasteiger partial charge is 0.480 e. The number of carboxylic acids is 1. The molecular formula is C28H40N2O5. The molecule has 0 spiro atoms. The Morgan fingerprint density at radius 3 is 2.69 bits per heavy atom. The van der Waals surface area contributed by atoms with Gasteiger partial charge in [-0.25, -0.2) is 4.79 Å². The number of rotatable bonds is 6. The van der Waals surface area contributed by atoms with Crippen molar-refractivity contribution < 1.29 is 24.3 Å². The van der Waals surface area contributed by atoms with E-state index in [0.717, 1.165) is 31.4 Å². The highest BCUT2D eigenvalue weighted by molar-refractivity contribution is 5.85. The highest BCUT2D eigenvalue weighted by Gasteiger charge is 2.59. The molecule has 3 saturated carbocycles. The van der Waals surface area contributed by atoms with Gasteiger partial charge in [0.15, 0.2) is 6.61 Å². The number of nitrogens with zero attached hydrogens (tertiary/aromatic N) is 1. The van der Waals surface area contributed by atoms with Crippen LogP contribution in [0.5, 0.6) is 0 Å². The summed E-state index contributed by atoms with van der Waals surface area (Å²) in [5.74, 6) is 1.39. The Balaban J connectivity index is 1.20. The van der Waals surface area contributed by atoms with Crippen molar-refractivity contribution in [1.29, 1.82) is 0 Å². The summed E-state index contributed by atoms with van der Waals surface area (Å²) in [6.45, 7) is 6.90. The van der Waals surface area contributed by atoms with Gasteiger partial charge in [0.05, 0.1) is 5.70 Å². The van der Waals surface area contributed by atoms with Gasteiger partial charge < -0.3 is 10.0 Å². The van der Waals surface area contributed by atoms with E-state index in [1.165, 1.54) is 29.7 Å². The summed E-state index contributed by atoms with van der Waals surface area (Å²) in [5.41, 5.74) is 5.63. The van der Waals surface area contributed by atoms with E-state index >= 15 is 0 Å². The van der Waals surface area contributed by atoms with Crippen molar-refractivity contribution in [3.63, 3.8) is 0 Å². The first kappa shape index (κ1) is 24.5. The number of fused-ring (bicyclic) bond motifs is 5. The second kappa shape index (κ2) is 9.06. The molecule has 0 aromatic heterocycles. The summed E-state index contributed by atoms with van der Waals surface area (Å²) >= 11 is 0. The van der Waals surface area contributed by atoms with Gasteiger partial charge in [0.25, 0.3) is 5.91 Å². The number of ketones is 1. The number of carbonyl (C=O) groups excluding carboxylic acids is 2. The quantitative estimate of drug-likeness (QED) is 0.548. The van der Waals surface area contributed by atoms with Crippen LogP contribution < -0.4 is 5.48 Å². The van der Waals surface area contributed by atoms with Crippen LogP contribution in [-0.4, -0.2) is 46.9 Å². The third kappa shape index (κ3) is 4.04. The Bertz CT molecular complexity index is 972. The molecule has 192 valence electrons. The van der Waals surface area contributed by atoms with Gasteiger partial charge in [-0.3, -0.25) is 19.9 Å². The van der Waals surface area contributed by atoms with Gasteiger partial charge in [-0.1, -0.05) is 25.5 Å². The number of likely N-dealkylation sites (tertiary alicyclic amines) is 1. The molecule has 0 aromatic carbocycles. The van der Waals surface area contributed by atoms with E-state index in [2.05, 4.69) is 31.5 Å². The fourth-order valence-electron chi connectivity index (χ4n) is 8.74. The topological polar surface area (TPSA) is 95.9 Å². The van der Waals surface area contributed by atoms with Crippen molar-refractivity contribution in [3.05, 3.63) is 23.4 Å². The number of hydrogen-bond acceptors (Lipinski definition) is 5. The molecule has 7 nitrogen and oxygen atoms in total. The Morgan fingerprint density at radius 2 is 1.94 bits per heavy atom. The first-order valence-corrected chi connectivity index (χ1v) is 13.5. The van der Waals surface area contributed by atoms with Gasteiger partial charge >= 0.3 is 5.97 Å². The van der Waals surface area contributed by atoms with E-state index < -0.39 is 12.0 Å². The van der Waals surface area contributed by atoms with Crippen LogP contribution in [0.25, 0.3) is 0 Å². The van der Waals surface area contributed by atoms with Crippen molar-refractivity contribution in [2.75, 3.05) is 13.2 Å². The third-order valence-electron chi connectivity index (χ3n) is 10.5. The monoisotopic (exact) mass is 484 g/mol. The Labute approximate surface area is 208 Å². The fraction of sp³-hybridized carbons (Fsp3) is 0.750. The minimum Gasteiger partial charge on any atom is -0.480 e. The highest BCUT2D eigenvalue weighted by Crippen LogP contribution is 2.66. The number of hydroxylamine groups is 1. The maximum Gasteiger partial charge on any atom is 0.326 e. The summed E-state index contributed by atoms with van der Waals surface area (Å²) in [4.78, 5) is 43.1. The smallest absolute Gasteiger partial charge is 0.326 e. The van der Waals surface area contributed by atoms with Crippen molar-refractivity contribution in [1.82, 2.24) is 10.4 Å². The maximum absolute atomic E-state index is 12.5. The predicted octanol–water partition coefficient (Wildman–Crippen LogP) is 4.25. The molecule has 4 aliphatic carbocycles. The molecule has 1 saturated heterocycles. The second-order valence-electron chi connectivity index (χ2n) is 12.1. The predicted molar refractivity (Wildman–Crippen MR) is 131 cm³/mol. The lowest BCUT2D eigenvalue weighted by Crippen LogP contribution is -2.50.